The maximum atomic E-state index is 9.52. The molecule has 3 aromatic rings. The van der Waals surface area contributed by atoms with Gasteiger partial charge < -0.3 is 5.21 Å². The number of hydrogen-bond acceptors (Lipinski definition) is 3. The van der Waals surface area contributed by atoms with Gasteiger partial charge in [-0.15, -0.1) is 0 Å². The molecule has 0 saturated heterocycles. The molecule has 0 fully saturated rings. The molecule has 2 heterocycles. The molecular formula is C12H9N3O. The predicted octanol–water partition coefficient (Wildman–Crippen LogP) is 2.34. The molecule has 0 bridgehead atoms. The van der Waals surface area contributed by atoms with E-state index in [1.165, 1.54) is 6.33 Å². The second-order valence-corrected chi connectivity index (χ2v) is 3.53. The normalized spacial score (nSPS) is 10.8. The Bertz CT molecular complexity index is 631. The third-order valence-corrected chi connectivity index (χ3v) is 2.54. The fourth-order valence-electron chi connectivity index (χ4n) is 1.72. The van der Waals surface area contributed by atoms with Gasteiger partial charge in [0.1, 0.15) is 11.8 Å². The molecule has 78 valence electrons. The lowest BCUT2D eigenvalue weighted by atomic mass is 10.1. The molecule has 0 aliphatic rings. The number of imidazole rings is 1. The maximum Gasteiger partial charge on any atom is 0.133 e. The lowest BCUT2D eigenvalue weighted by Crippen LogP contribution is -1.86. The molecule has 0 spiro atoms. The van der Waals surface area contributed by atoms with Gasteiger partial charge in [-0.05, 0) is 35.4 Å². The van der Waals surface area contributed by atoms with E-state index in [0.717, 1.165) is 21.4 Å². The topological polar surface area (TPSA) is 50.9 Å². The lowest BCUT2D eigenvalue weighted by molar-refractivity contribution is 0.198. The van der Waals surface area contributed by atoms with Crippen LogP contribution in [-0.2, 0) is 0 Å². The fourth-order valence-corrected chi connectivity index (χ4v) is 1.72. The number of pyridine rings is 1. The van der Waals surface area contributed by atoms with Crippen molar-refractivity contribution in [2.45, 2.75) is 0 Å². The molecule has 0 amide bonds. The van der Waals surface area contributed by atoms with Crippen molar-refractivity contribution in [1.82, 2.24) is 14.7 Å². The second kappa shape index (κ2) is 3.34. The van der Waals surface area contributed by atoms with Crippen molar-refractivity contribution in [2.75, 3.05) is 0 Å². The van der Waals surface area contributed by atoms with Crippen molar-refractivity contribution in [2.24, 2.45) is 0 Å². The summed E-state index contributed by atoms with van der Waals surface area (Å²) in [5, 5.41) is 9.52. The lowest BCUT2D eigenvalue weighted by Gasteiger charge is -2.01. The van der Waals surface area contributed by atoms with Crippen LogP contribution in [0.5, 0.6) is 0 Å². The Morgan fingerprint density at radius 3 is 2.62 bits per heavy atom. The van der Waals surface area contributed by atoms with Crippen molar-refractivity contribution < 1.29 is 5.21 Å². The highest BCUT2D eigenvalue weighted by atomic mass is 16.5. The Kier molecular flexibility index (Phi) is 1.86. The minimum absolute atomic E-state index is 0.703. The van der Waals surface area contributed by atoms with E-state index >= 15 is 0 Å². The zero-order chi connectivity index (χ0) is 11.0. The van der Waals surface area contributed by atoms with Gasteiger partial charge in [0.2, 0.25) is 0 Å². The molecule has 0 unspecified atom stereocenters. The van der Waals surface area contributed by atoms with Gasteiger partial charge in [0.05, 0.1) is 5.52 Å². The van der Waals surface area contributed by atoms with Crippen LogP contribution in [0.4, 0.5) is 0 Å². The van der Waals surface area contributed by atoms with E-state index in [0.29, 0.717) is 5.52 Å². The Hall–Kier alpha value is -2.36. The van der Waals surface area contributed by atoms with E-state index in [-0.39, 0.29) is 0 Å². The molecule has 1 aromatic carbocycles. The molecule has 0 radical (unpaired) electrons. The number of nitrogens with zero attached hydrogens (tertiary/aromatic N) is 3. The summed E-state index contributed by atoms with van der Waals surface area (Å²) >= 11 is 0. The van der Waals surface area contributed by atoms with Crippen molar-refractivity contribution >= 4 is 11.0 Å². The average Bonchev–Trinajstić information content (AvgIpc) is 2.72. The van der Waals surface area contributed by atoms with Gasteiger partial charge in [-0.3, -0.25) is 4.98 Å². The molecule has 1 N–H and O–H groups in total. The SMILES string of the molecule is On1cnc2ccc(-c3ccncc3)cc21. The first-order chi connectivity index (χ1) is 7.84. The van der Waals surface area contributed by atoms with Crippen LogP contribution in [-0.4, -0.2) is 19.9 Å². The molecule has 0 atom stereocenters. The van der Waals surface area contributed by atoms with Crippen molar-refractivity contribution in [3.8, 4) is 11.1 Å². The predicted molar refractivity (Wildman–Crippen MR) is 60.1 cm³/mol. The number of benzene rings is 1. The highest BCUT2D eigenvalue weighted by Crippen LogP contribution is 2.22. The van der Waals surface area contributed by atoms with Gasteiger partial charge in [-0.25, -0.2) is 4.98 Å². The fraction of sp³-hybridized carbons (Fsp3) is 0. The van der Waals surface area contributed by atoms with Crippen LogP contribution < -0.4 is 0 Å². The maximum absolute atomic E-state index is 9.52. The highest BCUT2D eigenvalue weighted by molar-refractivity contribution is 5.81. The van der Waals surface area contributed by atoms with Crippen LogP contribution in [0.1, 0.15) is 0 Å². The molecule has 0 saturated carbocycles. The van der Waals surface area contributed by atoms with Crippen LogP contribution in [0.2, 0.25) is 0 Å². The highest BCUT2D eigenvalue weighted by Gasteiger charge is 2.03. The molecule has 2 aromatic heterocycles. The molecule has 3 rings (SSSR count). The molecule has 16 heavy (non-hydrogen) atoms. The first-order valence-electron chi connectivity index (χ1n) is 4.91. The van der Waals surface area contributed by atoms with Gasteiger partial charge in [0, 0.05) is 12.4 Å². The Balaban J connectivity index is 2.22. The van der Waals surface area contributed by atoms with Crippen molar-refractivity contribution in [1.29, 1.82) is 0 Å². The standard InChI is InChI=1S/C12H9N3O/c16-15-8-14-11-2-1-10(7-12(11)15)9-3-5-13-6-4-9/h1-8,16H. The summed E-state index contributed by atoms with van der Waals surface area (Å²) in [6.45, 7) is 0. The van der Waals surface area contributed by atoms with Crippen LogP contribution in [0.3, 0.4) is 0 Å². The number of aromatic nitrogens is 3. The minimum atomic E-state index is 0.703. The molecular weight excluding hydrogens is 202 g/mol. The van der Waals surface area contributed by atoms with E-state index in [1.54, 1.807) is 12.4 Å². The van der Waals surface area contributed by atoms with Gasteiger partial charge in [0.25, 0.3) is 0 Å². The molecule has 0 aliphatic carbocycles. The van der Waals surface area contributed by atoms with Crippen molar-refractivity contribution in [3.05, 3.63) is 49.1 Å². The number of hydrogen-bond donors (Lipinski definition) is 1. The van der Waals surface area contributed by atoms with E-state index in [2.05, 4.69) is 9.97 Å². The number of fused-ring (bicyclic) bond motifs is 1. The first-order valence-corrected chi connectivity index (χ1v) is 4.91. The molecule has 0 aliphatic heterocycles. The van der Waals surface area contributed by atoms with E-state index in [9.17, 15) is 5.21 Å². The van der Waals surface area contributed by atoms with E-state index in [1.807, 2.05) is 30.3 Å². The molecule has 4 nitrogen and oxygen atoms in total. The third-order valence-electron chi connectivity index (χ3n) is 2.54. The Morgan fingerprint density at radius 2 is 1.81 bits per heavy atom. The first kappa shape index (κ1) is 8.91. The molecule has 4 heteroatoms. The van der Waals surface area contributed by atoms with Gasteiger partial charge in [-0.1, -0.05) is 6.07 Å². The van der Waals surface area contributed by atoms with Gasteiger partial charge >= 0.3 is 0 Å². The zero-order valence-electron chi connectivity index (χ0n) is 8.41. The van der Waals surface area contributed by atoms with E-state index in [4.69, 9.17) is 0 Å². The Labute approximate surface area is 91.8 Å². The third kappa shape index (κ3) is 1.32. The van der Waals surface area contributed by atoms with Gasteiger partial charge in [-0.2, -0.15) is 4.73 Å². The summed E-state index contributed by atoms with van der Waals surface area (Å²) in [6.07, 6.45) is 4.88. The summed E-state index contributed by atoms with van der Waals surface area (Å²) in [5.74, 6) is 0. The monoisotopic (exact) mass is 211 g/mol. The largest absolute Gasteiger partial charge is 0.427 e. The minimum Gasteiger partial charge on any atom is -0.427 e. The number of rotatable bonds is 1. The summed E-state index contributed by atoms with van der Waals surface area (Å²) in [6, 6.07) is 9.62. The van der Waals surface area contributed by atoms with Gasteiger partial charge in [0.15, 0.2) is 0 Å². The summed E-state index contributed by atoms with van der Waals surface area (Å²) in [5.41, 5.74) is 3.58. The van der Waals surface area contributed by atoms with E-state index < -0.39 is 0 Å². The van der Waals surface area contributed by atoms with Crippen LogP contribution in [0.15, 0.2) is 49.1 Å². The van der Waals surface area contributed by atoms with Crippen LogP contribution in [0, 0.1) is 0 Å². The zero-order valence-corrected chi connectivity index (χ0v) is 8.41. The summed E-state index contributed by atoms with van der Waals surface area (Å²) < 4.78 is 1.03. The summed E-state index contributed by atoms with van der Waals surface area (Å²) in [4.78, 5) is 8.03. The average molecular weight is 211 g/mol. The second-order valence-electron chi connectivity index (χ2n) is 3.53. The van der Waals surface area contributed by atoms with Crippen LogP contribution in [0.25, 0.3) is 22.2 Å². The Morgan fingerprint density at radius 1 is 1.00 bits per heavy atom. The van der Waals surface area contributed by atoms with Crippen molar-refractivity contribution in [3.63, 3.8) is 0 Å². The summed E-state index contributed by atoms with van der Waals surface area (Å²) in [7, 11) is 0. The quantitative estimate of drug-likeness (QED) is 0.628. The smallest absolute Gasteiger partial charge is 0.133 e. The van der Waals surface area contributed by atoms with Crippen LogP contribution >= 0.6 is 0 Å².